The Labute approximate surface area is 82.9 Å². The number of halogens is 1. The van der Waals surface area contributed by atoms with Crippen molar-refractivity contribution in [3.8, 4) is 6.07 Å². The summed E-state index contributed by atoms with van der Waals surface area (Å²) in [5.74, 6) is 0. The largest absolute Gasteiger partial charge is 0.449 e. The first kappa shape index (κ1) is 7.62. The first-order chi connectivity index (χ1) is 5.83. The molecule has 0 aliphatic carbocycles. The molecule has 0 amide bonds. The van der Waals surface area contributed by atoms with E-state index < -0.39 is 0 Å². The number of rotatable bonds is 0. The van der Waals surface area contributed by atoms with E-state index in [0.29, 0.717) is 9.33 Å². The Hall–Kier alpha value is -1.02. The minimum Gasteiger partial charge on any atom is -0.449 e. The molecule has 1 aromatic carbocycles. The van der Waals surface area contributed by atoms with Gasteiger partial charge in [0.05, 0.1) is 0 Å². The number of hydrogen-bond acceptors (Lipinski definition) is 2. The summed E-state index contributed by atoms with van der Waals surface area (Å²) in [4.78, 5) is 0. The summed E-state index contributed by atoms with van der Waals surface area (Å²) in [5.41, 5.74) is 1.41. The Kier molecular flexibility index (Phi) is 1.77. The highest BCUT2D eigenvalue weighted by Gasteiger charge is 2.09. The van der Waals surface area contributed by atoms with E-state index >= 15 is 0 Å². The molecule has 0 aliphatic rings. The molecule has 2 aromatic rings. The fourth-order valence-corrected chi connectivity index (χ4v) is 1.77. The molecule has 0 saturated carbocycles. The van der Waals surface area contributed by atoms with Gasteiger partial charge in [-0.3, -0.25) is 0 Å². The molecule has 0 saturated heterocycles. The van der Waals surface area contributed by atoms with Crippen LogP contribution in [0.1, 0.15) is 5.56 Å². The lowest BCUT2D eigenvalue weighted by molar-refractivity contribution is 0.582. The molecule has 58 valence electrons. The van der Waals surface area contributed by atoms with Gasteiger partial charge in [0.15, 0.2) is 3.77 Å². The van der Waals surface area contributed by atoms with Crippen LogP contribution in [0.3, 0.4) is 0 Å². The van der Waals surface area contributed by atoms with E-state index in [4.69, 9.17) is 9.68 Å². The van der Waals surface area contributed by atoms with Crippen LogP contribution in [0.4, 0.5) is 0 Å². The number of fused-ring (bicyclic) bond motifs is 1. The molecule has 0 N–H and O–H groups in total. The van der Waals surface area contributed by atoms with Gasteiger partial charge in [-0.1, -0.05) is 12.1 Å². The summed E-state index contributed by atoms with van der Waals surface area (Å²) >= 11 is 2.02. The zero-order chi connectivity index (χ0) is 8.55. The number of furan rings is 1. The summed E-state index contributed by atoms with van der Waals surface area (Å²) in [6, 6.07) is 9.65. The topological polar surface area (TPSA) is 36.9 Å². The van der Waals surface area contributed by atoms with Crippen molar-refractivity contribution in [3.63, 3.8) is 0 Å². The molecule has 0 spiro atoms. The van der Waals surface area contributed by atoms with Crippen LogP contribution in [0.2, 0.25) is 0 Å². The van der Waals surface area contributed by atoms with E-state index in [0.717, 1.165) is 11.0 Å². The van der Waals surface area contributed by atoms with Crippen molar-refractivity contribution in [2.75, 3.05) is 0 Å². The predicted octanol–water partition coefficient (Wildman–Crippen LogP) is 2.91. The van der Waals surface area contributed by atoms with Gasteiger partial charge in [0.25, 0.3) is 0 Å². The highest BCUT2D eigenvalue weighted by atomic mass is 127. The highest BCUT2D eigenvalue weighted by Crippen LogP contribution is 2.25. The SMILES string of the molecule is N#Cc1c(I)oc2ccccc12. The zero-order valence-electron chi connectivity index (χ0n) is 6.04. The van der Waals surface area contributed by atoms with Gasteiger partial charge in [0, 0.05) is 28.0 Å². The normalized spacial score (nSPS) is 10.0. The summed E-state index contributed by atoms with van der Waals surface area (Å²) in [7, 11) is 0. The summed E-state index contributed by atoms with van der Waals surface area (Å²) in [6.45, 7) is 0. The molecule has 2 nitrogen and oxygen atoms in total. The average molecular weight is 269 g/mol. The maximum absolute atomic E-state index is 8.79. The molecule has 0 aliphatic heterocycles. The summed E-state index contributed by atoms with van der Waals surface area (Å²) in [6.07, 6.45) is 0. The molecule has 2 rings (SSSR count). The predicted molar refractivity (Wildman–Crippen MR) is 53.6 cm³/mol. The first-order valence-electron chi connectivity index (χ1n) is 3.40. The molecule has 0 fully saturated rings. The van der Waals surface area contributed by atoms with Crippen molar-refractivity contribution in [1.29, 1.82) is 5.26 Å². The zero-order valence-corrected chi connectivity index (χ0v) is 8.20. The Morgan fingerprint density at radius 2 is 2.08 bits per heavy atom. The first-order valence-corrected chi connectivity index (χ1v) is 4.48. The van der Waals surface area contributed by atoms with Gasteiger partial charge in [-0.25, -0.2) is 0 Å². The van der Waals surface area contributed by atoms with Crippen molar-refractivity contribution in [2.24, 2.45) is 0 Å². The molecule has 0 bridgehead atoms. The van der Waals surface area contributed by atoms with Crippen molar-refractivity contribution in [2.45, 2.75) is 0 Å². The second kappa shape index (κ2) is 2.79. The van der Waals surface area contributed by atoms with Crippen LogP contribution in [-0.2, 0) is 0 Å². The Morgan fingerprint density at radius 1 is 1.33 bits per heavy atom. The van der Waals surface area contributed by atoms with Gasteiger partial charge in [-0.05, 0) is 12.1 Å². The van der Waals surface area contributed by atoms with Crippen LogP contribution < -0.4 is 0 Å². The van der Waals surface area contributed by atoms with Gasteiger partial charge in [-0.2, -0.15) is 5.26 Å². The van der Waals surface area contributed by atoms with E-state index in [1.165, 1.54) is 0 Å². The Bertz CT molecular complexity index is 467. The molecular formula is C9H4INO. The lowest BCUT2D eigenvalue weighted by Gasteiger charge is -1.83. The molecule has 3 heteroatoms. The van der Waals surface area contributed by atoms with Crippen molar-refractivity contribution in [3.05, 3.63) is 33.6 Å². The van der Waals surface area contributed by atoms with E-state index in [2.05, 4.69) is 6.07 Å². The van der Waals surface area contributed by atoms with Gasteiger partial charge < -0.3 is 4.42 Å². The van der Waals surface area contributed by atoms with E-state index in [9.17, 15) is 0 Å². The van der Waals surface area contributed by atoms with E-state index in [1.54, 1.807) is 0 Å². The van der Waals surface area contributed by atoms with Crippen molar-refractivity contribution >= 4 is 33.6 Å². The summed E-state index contributed by atoms with van der Waals surface area (Å²) in [5, 5.41) is 9.68. The molecule has 0 unspecified atom stereocenters. The number of hydrogen-bond donors (Lipinski definition) is 0. The fraction of sp³-hybridized carbons (Fsp3) is 0. The van der Waals surface area contributed by atoms with Crippen LogP contribution >= 0.6 is 22.6 Å². The third kappa shape index (κ3) is 0.994. The smallest absolute Gasteiger partial charge is 0.182 e. The van der Waals surface area contributed by atoms with Crippen LogP contribution in [-0.4, -0.2) is 0 Å². The number of benzene rings is 1. The molecule has 0 atom stereocenters. The number of nitrogens with zero attached hydrogens (tertiary/aromatic N) is 1. The van der Waals surface area contributed by atoms with Crippen molar-refractivity contribution in [1.82, 2.24) is 0 Å². The molecule has 0 radical (unpaired) electrons. The lowest BCUT2D eigenvalue weighted by Crippen LogP contribution is -1.71. The Balaban J connectivity index is 2.93. The highest BCUT2D eigenvalue weighted by molar-refractivity contribution is 14.1. The van der Waals surface area contributed by atoms with Gasteiger partial charge in [-0.15, -0.1) is 0 Å². The van der Waals surface area contributed by atoms with Crippen molar-refractivity contribution < 1.29 is 4.42 Å². The monoisotopic (exact) mass is 269 g/mol. The maximum atomic E-state index is 8.79. The minimum atomic E-state index is 0.631. The van der Waals surface area contributed by atoms with Crippen LogP contribution in [0.5, 0.6) is 0 Å². The summed E-state index contributed by atoms with van der Waals surface area (Å²) < 4.78 is 6.02. The van der Waals surface area contributed by atoms with Crippen LogP contribution in [0.25, 0.3) is 11.0 Å². The second-order valence-electron chi connectivity index (χ2n) is 2.36. The van der Waals surface area contributed by atoms with Crippen LogP contribution in [0.15, 0.2) is 28.7 Å². The Morgan fingerprint density at radius 3 is 2.83 bits per heavy atom. The van der Waals surface area contributed by atoms with E-state index in [1.807, 2.05) is 46.9 Å². The van der Waals surface area contributed by atoms with Gasteiger partial charge in [0.2, 0.25) is 0 Å². The van der Waals surface area contributed by atoms with E-state index in [-0.39, 0.29) is 0 Å². The van der Waals surface area contributed by atoms with Gasteiger partial charge >= 0.3 is 0 Å². The van der Waals surface area contributed by atoms with Crippen LogP contribution in [0, 0.1) is 15.1 Å². The number of para-hydroxylation sites is 1. The standard InChI is InChI=1S/C9H4INO/c10-9-7(5-11)6-3-1-2-4-8(6)12-9/h1-4H. The molecule has 1 aromatic heterocycles. The molecular weight excluding hydrogens is 265 g/mol. The average Bonchev–Trinajstić information content (AvgIpc) is 2.40. The fourth-order valence-electron chi connectivity index (χ4n) is 1.12. The third-order valence-corrected chi connectivity index (χ3v) is 2.42. The quantitative estimate of drug-likeness (QED) is 0.689. The minimum absolute atomic E-state index is 0.631. The molecule has 12 heavy (non-hydrogen) atoms. The lowest BCUT2D eigenvalue weighted by atomic mass is 10.2. The maximum Gasteiger partial charge on any atom is 0.182 e. The van der Waals surface area contributed by atoms with Gasteiger partial charge in [0.1, 0.15) is 17.2 Å². The molecule has 1 heterocycles. The second-order valence-corrected chi connectivity index (χ2v) is 3.34. The number of nitriles is 1. The third-order valence-electron chi connectivity index (χ3n) is 1.66.